The Morgan fingerprint density at radius 1 is 1.32 bits per heavy atom. The number of halogens is 1. The lowest BCUT2D eigenvalue weighted by atomic mass is 10.1. The highest BCUT2D eigenvalue weighted by Gasteiger charge is 2.16. The molecule has 0 atom stereocenters. The number of hydrogen-bond donors (Lipinski definition) is 0. The number of hydrogen-bond acceptors (Lipinski definition) is 6. The summed E-state index contributed by atoms with van der Waals surface area (Å²) < 4.78 is 13.0. The Balaban J connectivity index is 1.84. The lowest BCUT2D eigenvalue weighted by Crippen LogP contribution is -2.07. The number of rotatable bonds is 5. The Morgan fingerprint density at radius 2 is 2.04 bits per heavy atom. The Hall–Kier alpha value is -3.18. The molecule has 0 spiro atoms. The first-order valence-electron chi connectivity index (χ1n) is 8.42. The molecule has 0 amide bonds. The van der Waals surface area contributed by atoms with Gasteiger partial charge in [0.1, 0.15) is 11.6 Å². The van der Waals surface area contributed by atoms with Crippen molar-refractivity contribution in [2.45, 2.75) is 27.4 Å². The first-order valence-corrected chi connectivity index (χ1v) is 9.21. The zero-order chi connectivity index (χ0) is 20.3. The fourth-order valence-electron chi connectivity index (χ4n) is 2.82. The van der Waals surface area contributed by atoms with E-state index >= 15 is 0 Å². The maximum absolute atomic E-state index is 12.3. The second kappa shape index (κ2) is 8.23. The molecule has 0 unspecified atom stereocenters. The molecule has 8 heteroatoms. The molecule has 0 saturated heterocycles. The molecule has 2 heterocycles. The van der Waals surface area contributed by atoms with Crippen molar-refractivity contribution in [3.8, 4) is 11.8 Å². The summed E-state index contributed by atoms with van der Waals surface area (Å²) in [4.78, 5) is 16.2. The average molecular weight is 441 g/mol. The molecule has 3 aromatic rings. The Bertz CT molecular complexity index is 1090. The number of benzene rings is 1. The Kier molecular flexibility index (Phi) is 5.76. The van der Waals surface area contributed by atoms with Crippen LogP contribution >= 0.6 is 15.9 Å². The number of esters is 1. The van der Waals surface area contributed by atoms with Gasteiger partial charge in [0, 0.05) is 21.5 Å². The van der Waals surface area contributed by atoms with Gasteiger partial charge in [0.2, 0.25) is 0 Å². The van der Waals surface area contributed by atoms with Crippen molar-refractivity contribution in [2.24, 2.45) is 0 Å². The third-order valence-corrected chi connectivity index (χ3v) is 4.62. The molecule has 0 aliphatic heterocycles. The third-order valence-electron chi connectivity index (χ3n) is 4.09. The van der Waals surface area contributed by atoms with E-state index in [0.717, 1.165) is 27.1 Å². The van der Waals surface area contributed by atoms with E-state index in [1.807, 2.05) is 50.2 Å². The summed E-state index contributed by atoms with van der Waals surface area (Å²) in [5.74, 6) is -0.120. The Morgan fingerprint density at radius 3 is 2.64 bits per heavy atom. The molecule has 0 fully saturated rings. The minimum atomic E-state index is -0.744. The number of ether oxygens (including phenoxy) is 1. The quantitative estimate of drug-likeness (QED) is 0.335. The molecule has 0 saturated carbocycles. The number of nitriles is 1. The van der Waals surface area contributed by atoms with Crippen LogP contribution in [0.4, 0.5) is 0 Å². The summed E-state index contributed by atoms with van der Waals surface area (Å²) in [7, 11) is 0. The predicted octanol–water partition coefficient (Wildman–Crippen LogP) is 4.20. The van der Waals surface area contributed by atoms with Crippen LogP contribution in [0.1, 0.15) is 28.7 Å². The number of nitrogens with zero attached hydrogens (tertiary/aromatic N) is 4. The highest BCUT2D eigenvalue weighted by atomic mass is 79.9. The minimum Gasteiger partial charge on any atom is -0.451 e. The van der Waals surface area contributed by atoms with Crippen LogP contribution in [-0.4, -0.2) is 20.7 Å². The summed E-state index contributed by atoms with van der Waals surface area (Å²) >= 11 is 3.43. The monoisotopic (exact) mass is 440 g/mol. The van der Waals surface area contributed by atoms with Gasteiger partial charge in [-0.1, -0.05) is 21.1 Å². The second-order valence-corrected chi connectivity index (χ2v) is 7.04. The van der Waals surface area contributed by atoms with Gasteiger partial charge in [0.15, 0.2) is 12.4 Å². The standard InChI is InChI=1S/C20H17BrN4O3/c1-12-8-15(13(2)25(12)18-6-4-17(21)5-7-18)9-16(10-22)20(26)27-11-19-23-14(3)24-28-19/h4-9H,11H2,1-3H3/b16-9+. The summed E-state index contributed by atoms with van der Waals surface area (Å²) in [6.45, 7) is 5.38. The van der Waals surface area contributed by atoms with E-state index in [1.165, 1.54) is 6.08 Å². The maximum atomic E-state index is 12.3. The molecule has 0 aliphatic rings. The van der Waals surface area contributed by atoms with Crippen LogP contribution in [0.15, 0.2) is 44.9 Å². The van der Waals surface area contributed by atoms with Gasteiger partial charge in [-0.15, -0.1) is 0 Å². The van der Waals surface area contributed by atoms with Gasteiger partial charge in [0.05, 0.1) is 0 Å². The van der Waals surface area contributed by atoms with Crippen molar-refractivity contribution < 1.29 is 14.1 Å². The molecule has 0 aliphatic carbocycles. The molecule has 1 aromatic carbocycles. The van der Waals surface area contributed by atoms with Gasteiger partial charge in [-0.3, -0.25) is 0 Å². The van der Waals surface area contributed by atoms with Crippen LogP contribution in [-0.2, 0) is 16.1 Å². The number of aryl methyl sites for hydroxylation is 2. The zero-order valence-corrected chi connectivity index (χ0v) is 17.1. The van der Waals surface area contributed by atoms with Crippen molar-refractivity contribution >= 4 is 28.0 Å². The van der Waals surface area contributed by atoms with Gasteiger partial charge >= 0.3 is 5.97 Å². The van der Waals surface area contributed by atoms with Gasteiger partial charge < -0.3 is 13.8 Å². The highest BCUT2D eigenvalue weighted by molar-refractivity contribution is 9.10. The number of carbonyl (C=O) groups is 1. The van der Waals surface area contributed by atoms with Gasteiger partial charge in [-0.2, -0.15) is 10.2 Å². The van der Waals surface area contributed by atoms with Gasteiger partial charge in [-0.25, -0.2) is 4.79 Å². The van der Waals surface area contributed by atoms with Crippen LogP contribution in [0.2, 0.25) is 0 Å². The maximum Gasteiger partial charge on any atom is 0.349 e. The smallest absolute Gasteiger partial charge is 0.349 e. The molecule has 3 rings (SSSR count). The summed E-state index contributed by atoms with van der Waals surface area (Å²) in [5, 5.41) is 13.0. The fraction of sp³-hybridized carbons (Fsp3) is 0.200. The summed E-state index contributed by atoms with van der Waals surface area (Å²) in [5.41, 5.74) is 3.55. The predicted molar refractivity (Wildman–Crippen MR) is 105 cm³/mol. The van der Waals surface area contributed by atoms with Crippen LogP contribution in [0, 0.1) is 32.1 Å². The lowest BCUT2D eigenvalue weighted by molar-refractivity contribution is -0.140. The topological polar surface area (TPSA) is 93.9 Å². The van der Waals surface area contributed by atoms with Crippen molar-refractivity contribution in [1.29, 1.82) is 5.26 Å². The minimum absolute atomic E-state index is 0.104. The van der Waals surface area contributed by atoms with Crippen LogP contribution < -0.4 is 0 Å². The zero-order valence-electron chi connectivity index (χ0n) is 15.6. The molecule has 0 N–H and O–H groups in total. The fourth-order valence-corrected chi connectivity index (χ4v) is 3.08. The Labute approximate surface area is 170 Å². The molecule has 28 heavy (non-hydrogen) atoms. The van der Waals surface area contributed by atoms with Crippen molar-refractivity contribution in [1.82, 2.24) is 14.7 Å². The van der Waals surface area contributed by atoms with Gasteiger partial charge in [-0.05, 0) is 62.7 Å². The average Bonchev–Trinajstić information content (AvgIpc) is 3.21. The van der Waals surface area contributed by atoms with E-state index in [1.54, 1.807) is 6.92 Å². The van der Waals surface area contributed by atoms with Gasteiger partial charge in [0.25, 0.3) is 5.89 Å². The second-order valence-electron chi connectivity index (χ2n) is 6.12. The third kappa shape index (κ3) is 4.21. The van der Waals surface area contributed by atoms with E-state index < -0.39 is 5.97 Å². The number of carbonyl (C=O) groups excluding carboxylic acids is 1. The van der Waals surface area contributed by atoms with E-state index in [0.29, 0.717) is 5.82 Å². The highest BCUT2D eigenvalue weighted by Crippen LogP contribution is 2.24. The molecular weight excluding hydrogens is 424 g/mol. The first-order chi connectivity index (χ1) is 13.4. The summed E-state index contributed by atoms with van der Waals surface area (Å²) in [6, 6.07) is 11.7. The normalized spacial score (nSPS) is 11.3. The number of aromatic nitrogens is 3. The van der Waals surface area contributed by atoms with Crippen molar-refractivity contribution in [3.05, 3.63) is 69.0 Å². The molecular formula is C20H17BrN4O3. The van der Waals surface area contributed by atoms with E-state index in [9.17, 15) is 10.1 Å². The van der Waals surface area contributed by atoms with E-state index in [4.69, 9.17) is 9.26 Å². The van der Waals surface area contributed by atoms with E-state index in [2.05, 4.69) is 30.6 Å². The van der Waals surface area contributed by atoms with Crippen LogP contribution in [0.25, 0.3) is 11.8 Å². The lowest BCUT2D eigenvalue weighted by Gasteiger charge is -2.09. The molecule has 0 bridgehead atoms. The summed E-state index contributed by atoms with van der Waals surface area (Å²) in [6.07, 6.45) is 1.53. The largest absolute Gasteiger partial charge is 0.451 e. The molecule has 0 radical (unpaired) electrons. The first kappa shape index (κ1) is 19.6. The molecule has 142 valence electrons. The van der Waals surface area contributed by atoms with Crippen molar-refractivity contribution in [2.75, 3.05) is 0 Å². The van der Waals surface area contributed by atoms with Crippen LogP contribution in [0.3, 0.4) is 0 Å². The van der Waals surface area contributed by atoms with Crippen LogP contribution in [0.5, 0.6) is 0 Å². The van der Waals surface area contributed by atoms with E-state index in [-0.39, 0.29) is 18.1 Å². The SMILES string of the molecule is Cc1noc(COC(=O)/C(C#N)=C/c2cc(C)n(-c3ccc(Br)cc3)c2C)n1. The molecule has 7 nitrogen and oxygen atoms in total. The molecule has 2 aromatic heterocycles. The van der Waals surface area contributed by atoms with Crippen molar-refractivity contribution in [3.63, 3.8) is 0 Å².